The number of pyridine rings is 1. The Labute approximate surface area is 198 Å². The summed E-state index contributed by atoms with van der Waals surface area (Å²) in [6, 6.07) is 9.98. The fraction of sp³-hybridized carbons (Fsp3) is 0.462. The standard InChI is InChI=1S/C26H29FN4O3/c1-2-34-25(33)26(7-11-29-12-8-26)20-13-18(16-28)21(27)15-19(20)24(32)17-6-10-31-23(14-17)22-5-3-4-9-30-22/h3-5,9,13,15,17,23,29,31H,2,6-8,10-12,14H2,1H3. The van der Waals surface area contributed by atoms with Crippen molar-refractivity contribution >= 4 is 11.8 Å². The first kappa shape index (κ1) is 24.0. The molecule has 2 saturated heterocycles. The van der Waals surface area contributed by atoms with Crippen molar-refractivity contribution < 1.29 is 18.7 Å². The minimum Gasteiger partial charge on any atom is -0.465 e. The summed E-state index contributed by atoms with van der Waals surface area (Å²) >= 11 is 0. The molecule has 4 rings (SSSR count). The van der Waals surface area contributed by atoms with E-state index < -0.39 is 17.2 Å². The molecule has 1 aromatic heterocycles. The molecule has 0 aliphatic carbocycles. The van der Waals surface area contributed by atoms with Crippen molar-refractivity contribution in [3.63, 3.8) is 0 Å². The molecule has 2 atom stereocenters. The third-order valence-electron chi connectivity index (χ3n) is 6.95. The number of ether oxygens (including phenoxy) is 1. The number of rotatable bonds is 6. The van der Waals surface area contributed by atoms with Gasteiger partial charge in [0.1, 0.15) is 11.9 Å². The maximum absolute atomic E-state index is 14.8. The number of hydrogen-bond donors (Lipinski definition) is 2. The molecule has 7 nitrogen and oxygen atoms in total. The summed E-state index contributed by atoms with van der Waals surface area (Å²) < 4.78 is 20.2. The highest BCUT2D eigenvalue weighted by Crippen LogP contribution is 2.40. The Morgan fingerprint density at radius 1 is 1.26 bits per heavy atom. The van der Waals surface area contributed by atoms with Crippen LogP contribution in [0.3, 0.4) is 0 Å². The van der Waals surface area contributed by atoms with Gasteiger partial charge in [0.25, 0.3) is 0 Å². The number of nitriles is 1. The van der Waals surface area contributed by atoms with Gasteiger partial charge in [-0.15, -0.1) is 0 Å². The summed E-state index contributed by atoms with van der Waals surface area (Å²) in [7, 11) is 0. The van der Waals surface area contributed by atoms with Crippen molar-refractivity contribution in [3.8, 4) is 6.07 Å². The Hall–Kier alpha value is -3.15. The van der Waals surface area contributed by atoms with E-state index in [0.29, 0.717) is 50.9 Å². The molecule has 2 aromatic rings. The third-order valence-corrected chi connectivity index (χ3v) is 6.95. The van der Waals surface area contributed by atoms with Crippen molar-refractivity contribution in [1.29, 1.82) is 5.26 Å². The number of nitrogens with zero attached hydrogens (tertiary/aromatic N) is 2. The second kappa shape index (κ2) is 10.4. The number of nitrogens with one attached hydrogen (secondary N) is 2. The van der Waals surface area contributed by atoms with Crippen molar-refractivity contribution in [1.82, 2.24) is 15.6 Å². The average molecular weight is 465 g/mol. The van der Waals surface area contributed by atoms with Gasteiger partial charge in [0, 0.05) is 17.7 Å². The summed E-state index contributed by atoms with van der Waals surface area (Å²) in [6.07, 6.45) is 3.65. The van der Waals surface area contributed by atoms with E-state index in [1.165, 1.54) is 6.07 Å². The van der Waals surface area contributed by atoms with E-state index in [2.05, 4.69) is 15.6 Å². The zero-order chi connectivity index (χ0) is 24.1. The Kier molecular flexibility index (Phi) is 7.35. The number of piperidine rings is 2. The largest absolute Gasteiger partial charge is 0.465 e. The summed E-state index contributed by atoms with van der Waals surface area (Å²) in [4.78, 5) is 31.5. The van der Waals surface area contributed by atoms with Crippen LogP contribution in [0.2, 0.25) is 0 Å². The van der Waals surface area contributed by atoms with Gasteiger partial charge in [0.15, 0.2) is 5.78 Å². The van der Waals surface area contributed by atoms with E-state index in [4.69, 9.17) is 4.74 Å². The van der Waals surface area contributed by atoms with Gasteiger partial charge in [0.05, 0.1) is 29.3 Å². The summed E-state index contributed by atoms with van der Waals surface area (Å²) in [5.41, 5.74) is 0.165. The number of halogens is 1. The van der Waals surface area contributed by atoms with Crippen LogP contribution < -0.4 is 10.6 Å². The number of carbonyl (C=O) groups excluding carboxylic acids is 2. The van der Waals surface area contributed by atoms with Crippen LogP contribution >= 0.6 is 0 Å². The third kappa shape index (κ3) is 4.59. The molecule has 0 spiro atoms. The lowest BCUT2D eigenvalue weighted by atomic mass is 9.69. The van der Waals surface area contributed by atoms with Crippen LogP contribution in [0, 0.1) is 23.1 Å². The molecule has 8 heteroatoms. The molecule has 0 saturated carbocycles. The van der Waals surface area contributed by atoms with E-state index >= 15 is 0 Å². The quantitative estimate of drug-likeness (QED) is 0.500. The van der Waals surface area contributed by atoms with Crippen LogP contribution in [-0.2, 0) is 14.9 Å². The molecule has 3 heterocycles. The van der Waals surface area contributed by atoms with Crippen molar-refractivity contribution in [2.75, 3.05) is 26.2 Å². The van der Waals surface area contributed by atoms with E-state index in [1.54, 1.807) is 13.1 Å². The first-order valence-corrected chi connectivity index (χ1v) is 11.8. The normalized spacial score (nSPS) is 21.9. The molecule has 2 aliphatic heterocycles. The predicted octanol–water partition coefficient (Wildman–Crippen LogP) is 3.20. The number of carbonyl (C=O) groups is 2. The molecule has 2 unspecified atom stereocenters. The SMILES string of the molecule is CCOC(=O)C1(c2cc(C#N)c(F)cc2C(=O)C2CCNC(c3ccccn3)C2)CCNCC1. The minimum atomic E-state index is -1.10. The summed E-state index contributed by atoms with van der Waals surface area (Å²) in [6.45, 7) is 3.67. The fourth-order valence-corrected chi connectivity index (χ4v) is 5.15. The van der Waals surface area contributed by atoms with Crippen LogP contribution in [0.5, 0.6) is 0 Å². The molecule has 34 heavy (non-hydrogen) atoms. The topological polar surface area (TPSA) is 104 Å². The van der Waals surface area contributed by atoms with Gasteiger partial charge in [-0.2, -0.15) is 5.26 Å². The van der Waals surface area contributed by atoms with E-state index in [-0.39, 0.29) is 35.5 Å². The zero-order valence-electron chi connectivity index (χ0n) is 19.3. The van der Waals surface area contributed by atoms with Crippen LogP contribution in [-0.4, -0.2) is 43.0 Å². The van der Waals surface area contributed by atoms with E-state index in [9.17, 15) is 19.2 Å². The maximum atomic E-state index is 14.8. The monoisotopic (exact) mass is 464 g/mol. The Bertz CT molecular complexity index is 1090. The van der Waals surface area contributed by atoms with Crippen LogP contribution in [0.1, 0.15) is 65.8 Å². The maximum Gasteiger partial charge on any atom is 0.316 e. The number of Topliss-reactive ketones (excluding diaryl/α,β-unsaturated/α-hetero) is 1. The molecule has 2 aliphatic rings. The highest BCUT2D eigenvalue weighted by Gasteiger charge is 2.46. The molecule has 0 amide bonds. The molecule has 1 aromatic carbocycles. The molecule has 0 radical (unpaired) electrons. The highest BCUT2D eigenvalue weighted by atomic mass is 19.1. The van der Waals surface area contributed by atoms with Crippen LogP contribution in [0.15, 0.2) is 36.5 Å². The number of hydrogen-bond acceptors (Lipinski definition) is 7. The molecule has 0 bridgehead atoms. The number of benzene rings is 1. The molecule has 178 valence electrons. The minimum absolute atomic E-state index is 0.0894. The van der Waals surface area contributed by atoms with Gasteiger partial charge in [-0.1, -0.05) is 6.07 Å². The van der Waals surface area contributed by atoms with Gasteiger partial charge >= 0.3 is 5.97 Å². The van der Waals surface area contributed by atoms with Crippen LogP contribution in [0.4, 0.5) is 4.39 Å². The Morgan fingerprint density at radius 2 is 2.06 bits per heavy atom. The lowest BCUT2D eigenvalue weighted by molar-refractivity contribution is -0.151. The predicted molar refractivity (Wildman–Crippen MR) is 124 cm³/mol. The Balaban J connectivity index is 1.75. The summed E-state index contributed by atoms with van der Waals surface area (Å²) in [5, 5.41) is 16.1. The van der Waals surface area contributed by atoms with Gasteiger partial charge in [-0.25, -0.2) is 4.39 Å². The molecular formula is C26H29FN4O3. The van der Waals surface area contributed by atoms with Crippen LogP contribution in [0.25, 0.3) is 0 Å². The van der Waals surface area contributed by atoms with Crippen molar-refractivity contribution in [2.45, 2.75) is 44.1 Å². The van der Waals surface area contributed by atoms with Gasteiger partial charge in [-0.3, -0.25) is 14.6 Å². The second-order valence-corrected chi connectivity index (χ2v) is 8.89. The van der Waals surface area contributed by atoms with Gasteiger partial charge in [-0.05, 0) is 82.1 Å². The first-order valence-electron chi connectivity index (χ1n) is 11.8. The number of ketones is 1. The van der Waals surface area contributed by atoms with Gasteiger partial charge in [0.2, 0.25) is 0 Å². The summed E-state index contributed by atoms with van der Waals surface area (Å²) in [5.74, 6) is -1.75. The number of esters is 1. The average Bonchev–Trinajstić information content (AvgIpc) is 2.89. The second-order valence-electron chi connectivity index (χ2n) is 8.89. The van der Waals surface area contributed by atoms with E-state index in [0.717, 1.165) is 11.8 Å². The first-order chi connectivity index (χ1) is 16.5. The zero-order valence-corrected chi connectivity index (χ0v) is 19.3. The van der Waals surface area contributed by atoms with Gasteiger partial charge < -0.3 is 15.4 Å². The van der Waals surface area contributed by atoms with Crippen molar-refractivity contribution in [2.24, 2.45) is 5.92 Å². The number of aromatic nitrogens is 1. The fourth-order valence-electron chi connectivity index (χ4n) is 5.15. The molecule has 2 fully saturated rings. The van der Waals surface area contributed by atoms with E-state index in [1.807, 2.05) is 24.3 Å². The lowest BCUT2D eigenvalue weighted by Gasteiger charge is -2.37. The Morgan fingerprint density at radius 3 is 2.74 bits per heavy atom. The highest BCUT2D eigenvalue weighted by molar-refractivity contribution is 6.01. The molecular weight excluding hydrogens is 435 g/mol. The molecule has 2 N–H and O–H groups in total. The van der Waals surface area contributed by atoms with Crippen molar-refractivity contribution in [3.05, 3.63) is 64.7 Å². The lowest BCUT2D eigenvalue weighted by Crippen LogP contribution is -2.47. The smallest absolute Gasteiger partial charge is 0.316 e.